The van der Waals surface area contributed by atoms with Crippen molar-refractivity contribution in [3.8, 4) is 6.07 Å². The van der Waals surface area contributed by atoms with Gasteiger partial charge in [0.1, 0.15) is 0 Å². The highest BCUT2D eigenvalue weighted by Gasteiger charge is 2.24. The molecule has 98 valence electrons. The van der Waals surface area contributed by atoms with E-state index in [1.807, 2.05) is 6.07 Å². The molecule has 1 aliphatic rings. The van der Waals surface area contributed by atoms with E-state index in [-0.39, 0.29) is 11.7 Å². The van der Waals surface area contributed by atoms with Crippen LogP contribution >= 0.6 is 11.8 Å². The molecule has 0 aromatic heterocycles. The van der Waals surface area contributed by atoms with Crippen LogP contribution in [0.15, 0.2) is 23.1 Å². The average Bonchev–Trinajstić information content (AvgIpc) is 2.40. The molecule has 1 aliphatic heterocycles. The van der Waals surface area contributed by atoms with Crippen LogP contribution in [0, 0.1) is 11.3 Å². The maximum Gasteiger partial charge on any atom is 0.237 e. The number of Topliss-reactive ketones (excluding diaryl/α,β-unsaturated/α-hetero) is 1. The zero-order valence-electron chi connectivity index (χ0n) is 10.7. The predicted molar refractivity (Wildman–Crippen MR) is 74.4 cm³/mol. The second-order valence-electron chi connectivity index (χ2n) is 4.33. The first kappa shape index (κ1) is 13.6. The number of amides is 1. The summed E-state index contributed by atoms with van der Waals surface area (Å²) in [6.07, 6.45) is 1.08. The van der Waals surface area contributed by atoms with Crippen molar-refractivity contribution in [1.29, 1.82) is 5.26 Å². The summed E-state index contributed by atoms with van der Waals surface area (Å²) in [5.74, 6) is 0.442. The van der Waals surface area contributed by atoms with Gasteiger partial charge in [-0.15, -0.1) is 11.8 Å². The van der Waals surface area contributed by atoms with Crippen molar-refractivity contribution in [2.75, 3.05) is 17.2 Å². The number of hydrogen-bond donors (Lipinski definition) is 0. The SMILES string of the molecule is CC(=O)c1ccc2c(c1)N(CCCC#N)C(=O)CS2. The molecule has 0 aliphatic carbocycles. The largest absolute Gasteiger partial charge is 0.311 e. The van der Waals surface area contributed by atoms with Gasteiger partial charge in [0, 0.05) is 23.4 Å². The van der Waals surface area contributed by atoms with E-state index >= 15 is 0 Å². The molecule has 0 saturated heterocycles. The van der Waals surface area contributed by atoms with Crippen LogP contribution < -0.4 is 4.90 Å². The summed E-state index contributed by atoms with van der Waals surface area (Å²) in [7, 11) is 0. The summed E-state index contributed by atoms with van der Waals surface area (Å²) in [5, 5.41) is 8.57. The van der Waals surface area contributed by atoms with Crippen molar-refractivity contribution in [2.24, 2.45) is 0 Å². The summed E-state index contributed by atoms with van der Waals surface area (Å²) >= 11 is 1.49. The van der Waals surface area contributed by atoms with E-state index in [2.05, 4.69) is 6.07 Å². The van der Waals surface area contributed by atoms with Gasteiger partial charge in [0.2, 0.25) is 5.91 Å². The Balaban J connectivity index is 2.30. The molecule has 1 aromatic carbocycles. The average molecular weight is 274 g/mol. The number of unbranched alkanes of at least 4 members (excludes halogenated alkanes) is 1. The van der Waals surface area contributed by atoms with Gasteiger partial charge >= 0.3 is 0 Å². The number of nitrogens with zero attached hydrogens (tertiary/aromatic N) is 2. The zero-order chi connectivity index (χ0) is 13.8. The van der Waals surface area contributed by atoms with E-state index < -0.39 is 0 Å². The lowest BCUT2D eigenvalue weighted by Crippen LogP contribution is -2.36. The van der Waals surface area contributed by atoms with Crippen LogP contribution in [0.2, 0.25) is 0 Å². The Labute approximate surface area is 116 Å². The molecule has 5 heteroatoms. The molecular formula is C14H14N2O2S. The van der Waals surface area contributed by atoms with Crippen molar-refractivity contribution in [1.82, 2.24) is 0 Å². The van der Waals surface area contributed by atoms with Crippen LogP contribution in [0.25, 0.3) is 0 Å². The molecule has 0 saturated carbocycles. The molecule has 0 fully saturated rings. The third-order valence-electron chi connectivity index (χ3n) is 2.98. The molecule has 0 atom stereocenters. The molecule has 2 rings (SSSR count). The number of carbonyl (C=O) groups excluding carboxylic acids is 2. The number of rotatable bonds is 4. The van der Waals surface area contributed by atoms with E-state index in [9.17, 15) is 9.59 Å². The topological polar surface area (TPSA) is 61.2 Å². The maximum absolute atomic E-state index is 12.0. The van der Waals surface area contributed by atoms with Gasteiger partial charge in [-0.25, -0.2) is 0 Å². The Morgan fingerprint density at radius 2 is 2.32 bits per heavy atom. The number of anilines is 1. The first-order chi connectivity index (χ1) is 9.13. The predicted octanol–water partition coefficient (Wildman–Crippen LogP) is 2.63. The molecule has 1 amide bonds. The minimum atomic E-state index is -0.0113. The van der Waals surface area contributed by atoms with Gasteiger partial charge in [0.15, 0.2) is 5.78 Å². The van der Waals surface area contributed by atoms with Crippen LogP contribution in [0.4, 0.5) is 5.69 Å². The van der Waals surface area contributed by atoms with Crippen molar-refractivity contribution in [3.63, 3.8) is 0 Å². The molecule has 1 aromatic rings. The van der Waals surface area contributed by atoms with Crippen LogP contribution in [0.1, 0.15) is 30.1 Å². The lowest BCUT2D eigenvalue weighted by molar-refractivity contribution is -0.116. The van der Waals surface area contributed by atoms with Gasteiger partial charge in [0.05, 0.1) is 17.5 Å². The van der Waals surface area contributed by atoms with Crippen LogP contribution in [-0.2, 0) is 4.79 Å². The van der Waals surface area contributed by atoms with Crippen molar-refractivity contribution in [3.05, 3.63) is 23.8 Å². The van der Waals surface area contributed by atoms with E-state index in [4.69, 9.17) is 5.26 Å². The Morgan fingerprint density at radius 1 is 1.53 bits per heavy atom. The molecule has 0 spiro atoms. The molecule has 0 bridgehead atoms. The smallest absolute Gasteiger partial charge is 0.237 e. The van der Waals surface area contributed by atoms with Crippen molar-refractivity contribution < 1.29 is 9.59 Å². The normalized spacial score (nSPS) is 13.9. The Hall–Kier alpha value is -1.80. The standard InChI is InChI=1S/C14H14N2O2S/c1-10(17)11-4-5-13-12(8-11)16(7-3-2-6-15)14(18)9-19-13/h4-5,8H,2-3,7,9H2,1H3. The Morgan fingerprint density at radius 3 is 3.00 bits per heavy atom. The third kappa shape index (κ3) is 2.96. The molecule has 0 unspecified atom stereocenters. The number of fused-ring (bicyclic) bond motifs is 1. The molecule has 19 heavy (non-hydrogen) atoms. The third-order valence-corrected chi connectivity index (χ3v) is 4.03. The van der Waals surface area contributed by atoms with E-state index in [0.717, 1.165) is 10.6 Å². The second-order valence-corrected chi connectivity index (χ2v) is 5.35. The number of ketones is 1. The zero-order valence-corrected chi connectivity index (χ0v) is 11.5. The molecule has 0 radical (unpaired) electrons. The number of benzene rings is 1. The molecular weight excluding hydrogens is 260 g/mol. The highest BCUT2D eigenvalue weighted by molar-refractivity contribution is 8.00. The van der Waals surface area contributed by atoms with E-state index in [0.29, 0.717) is 30.7 Å². The number of nitriles is 1. The molecule has 4 nitrogen and oxygen atoms in total. The monoisotopic (exact) mass is 274 g/mol. The van der Waals surface area contributed by atoms with Gasteiger partial charge in [-0.1, -0.05) is 6.07 Å². The van der Waals surface area contributed by atoms with Crippen molar-refractivity contribution in [2.45, 2.75) is 24.7 Å². The number of hydrogen-bond acceptors (Lipinski definition) is 4. The highest BCUT2D eigenvalue weighted by Crippen LogP contribution is 2.36. The van der Waals surface area contributed by atoms with Crippen molar-refractivity contribution >= 4 is 29.1 Å². The summed E-state index contributed by atoms with van der Waals surface area (Å²) in [4.78, 5) is 26.1. The fourth-order valence-electron chi connectivity index (χ4n) is 1.98. The van der Waals surface area contributed by atoms with Gasteiger partial charge in [0.25, 0.3) is 0 Å². The first-order valence-corrected chi connectivity index (χ1v) is 7.07. The lowest BCUT2D eigenvalue weighted by atomic mass is 10.1. The maximum atomic E-state index is 12.0. The number of carbonyl (C=O) groups is 2. The fourth-order valence-corrected chi connectivity index (χ4v) is 2.90. The van der Waals surface area contributed by atoms with E-state index in [1.54, 1.807) is 17.0 Å². The van der Waals surface area contributed by atoms with Gasteiger partial charge in [-0.05, 0) is 25.5 Å². The number of thioether (sulfide) groups is 1. The minimum absolute atomic E-state index is 0.0113. The van der Waals surface area contributed by atoms with Crippen LogP contribution in [-0.4, -0.2) is 24.0 Å². The lowest BCUT2D eigenvalue weighted by Gasteiger charge is -2.29. The fraction of sp³-hybridized carbons (Fsp3) is 0.357. The molecule has 0 N–H and O–H groups in total. The Bertz CT molecular complexity index is 563. The summed E-state index contributed by atoms with van der Waals surface area (Å²) in [5.41, 5.74) is 1.41. The van der Waals surface area contributed by atoms with Gasteiger partial charge in [-0.2, -0.15) is 5.26 Å². The first-order valence-electron chi connectivity index (χ1n) is 6.08. The minimum Gasteiger partial charge on any atom is -0.311 e. The summed E-state index contributed by atoms with van der Waals surface area (Å²) < 4.78 is 0. The van der Waals surface area contributed by atoms with Crippen LogP contribution in [0.5, 0.6) is 0 Å². The Kier molecular flexibility index (Phi) is 4.23. The van der Waals surface area contributed by atoms with Crippen LogP contribution in [0.3, 0.4) is 0 Å². The quantitative estimate of drug-likeness (QED) is 0.625. The highest BCUT2D eigenvalue weighted by atomic mass is 32.2. The van der Waals surface area contributed by atoms with Gasteiger partial charge in [-0.3, -0.25) is 9.59 Å². The second kappa shape index (κ2) is 5.89. The van der Waals surface area contributed by atoms with Gasteiger partial charge < -0.3 is 4.90 Å². The summed E-state index contributed by atoms with van der Waals surface area (Å²) in [6, 6.07) is 7.53. The molecule has 1 heterocycles. The summed E-state index contributed by atoms with van der Waals surface area (Å²) in [6.45, 7) is 2.04. The van der Waals surface area contributed by atoms with E-state index in [1.165, 1.54) is 18.7 Å².